The number of ether oxygens (including phenoxy) is 1. The summed E-state index contributed by atoms with van der Waals surface area (Å²) in [5.74, 6) is -0.321. The van der Waals surface area contributed by atoms with Crippen molar-refractivity contribution in [2.75, 3.05) is 19.6 Å². The predicted octanol–water partition coefficient (Wildman–Crippen LogP) is 1.18. The van der Waals surface area contributed by atoms with Crippen molar-refractivity contribution in [3.63, 3.8) is 0 Å². The van der Waals surface area contributed by atoms with E-state index >= 15 is 0 Å². The van der Waals surface area contributed by atoms with E-state index in [0.29, 0.717) is 19.5 Å². The van der Waals surface area contributed by atoms with Crippen LogP contribution in [-0.2, 0) is 14.3 Å². The Kier molecular flexibility index (Phi) is 7.90. The van der Waals surface area contributed by atoms with Gasteiger partial charge in [-0.25, -0.2) is 4.79 Å². The maximum atomic E-state index is 11.6. The molecular weight excluding hydrogens is 286 g/mol. The van der Waals surface area contributed by atoms with Crippen molar-refractivity contribution in [2.45, 2.75) is 53.6 Å². The predicted molar refractivity (Wildman–Crippen MR) is 84.3 cm³/mol. The van der Waals surface area contributed by atoms with Gasteiger partial charge in [-0.1, -0.05) is 20.8 Å². The van der Waals surface area contributed by atoms with E-state index in [-0.39, 0.29) is 18.4 Å². The van der Waals surface area contributed by atoms with E-state index < -0.39 is 17.1 Å². The van der Waals surface area contributed by atoms with Gasteiger partial charge in [0.1, 0.15) is 5.60 Å². The van der Waals surface area contributed by atoms with Gasteiger partial charge < -0.3 is 20.7 Å². The van der Waals surface area contributed by atoms with Crippen LogP contribution in [0.25, 0.3) is 0 Å². The molecule has 0 fully saturated rings. The third kappa shape index (κ3) is 10.9. The van der Waals surface area contributed by atoms with Gasteiger partial charge in [-0.2, -0.15) is 0 Å². The number of alkyl carbamates (subject to hydrolysis) is 1. The number of carbonyl (C=O) groups is 3. The standard InChI is InChI=1S/C15H29N3O4/c1-14(2,3)12(20)17-9-7-8-16-11(19)10-18-13(21)22-15(4,5)6/h7-10H2,1-6H3,(H,16,19)(H,17,20)(H,18,21). The Labute approximate surface area is 132 Å². The molecule has 0 saturated carbocycles. The fourth-order valence-corrected chi connectivity index (χ4v) is 1.31. The average molecular weight is 315 g/mol. The highest BCUT2D eigenvalue weighted by molar-refractivity contribution is 5.82. The first kappa shape index (κ1) is 20.2. The normalized spacial score (nSPS) is 11.5. The van der Waals surface area contributed by atoms with Crippen LogP contribution in [0.1, 0.15) is 48.0 Å². The smallest absolute Gasteiger partial charge is 0.408 e. The molecule has 0 aromatic carbocycles. The highest BCUT2D eigenvalue weighted by Crippen LogP contribution is 2.11. The molecular formula is C15H29N3O4. The zero-order chi connectivity index (χ0) is 17.4. The summed E-state index contributed by atoms with van der Waals surface area (Å²) in [5, 5.41) is 7.82. The number of amides is 3. The minimum absolute atomic E-state index is 0.0228. The first-order valence-corrected chi connectivity index (χ1v) is 7.43. The van der Waals surface area contributed by atoms with Crippen molar-refractivity contribution in [1.29, 1.82) is 0 Å². The van der Waals surface area contributed by atoms with E-state index in [1.54, 1.807) is 20.8 Å². The van der Waals surface area contributed by atoms with Crippen LogP contribution in [0.3, 0.4) is 0 Å². The number of nitrogens with one attached hydrogen (secondary N) is 3. The molecule has 7 heteroatoms. The second kappa shape index (κ2) is 8.60. The van der Waals surface area contributed by atoms with Gasteiger partial charge in [-0.05, 0) is 27.2 Å². The van der Waals surface area contributed by atoms with Crippen LogP contribution >= 0.6 is 0 Å². The van der Waals surface area contributed by atoms with E-state index in [0.717, 1.165) is 0 Å². The lowest BCUT2D eigenvalue weighted by molar-refractivity contribution is -0.128. The third-order valence-electron chi connectivity index (χ3n) is 2.43. The molecule has 3 N–H and O–H groups in total. The molecule has 0 atom stereocenters. The van der Waals surface area contributed by atoms with Crippen LogP contribution in [0, 0.1) is 5.41 Å². The van der Waals surface area contributed by atoms with Crippen molar-refractivity contribution in [3.05, 3.63) is 0 Å². The molecule has 0 heterocycles. The largest absolute Gasteiger partial charge is 0.444 e. The number of carbonyl (C=O) groups excluding carboxylic acids is 3. The average Bonchev–Trinajstić information content (AvgIpc) is 2.32. The molecule has 0 aliphatic rings. The molecule has 3 amide bonds. The molecule has 22 heavy (non-hydrogen) atoms. The minimum atomic E-state index is -0.625. The Balaban J connectivity index is 3.71. The van der Waals surface area contributed by atoms with Crippen LogP contribution in [-0.4, -0.2) is 43.1 Å². The van der Waals surface area contributed by atoms with Crippen molar-refractivity contribution in [1.82, 2.24) is 16.0 Å². The lowest BCUT2D eigenvalue weighted by Gasteiger charge is -2.19. The van der Waals surface area contributed by atoms with Gasteiger partial charge in [0.15, 0.2) is 0 Å². The summed E-state index contributed by atoms with van der Waals surface area (Å²) in [6.07, 6.45) is 0.0000814. The molecule has 0 aromatic rings. The lowest BCUT2D eigenvalue weighted by Crippen LogP contribution is -2.40. The summed E-state index contributed by atoms with van der Waals surface area (Å²) in [6.45, 7) is 11.6. The Morgan fingerprint density at radius 2 is 1.41 bits per heavy atom. The Bertz CT molecular complexity index is 395. The Morgan fingerprint density at radius 3 is 1.91 bits per heavy atom. The minimum Gasteiger partial charge on any atom is -0.444 e. The Hall–Kier alpha value is -1.79. The molecule has 0 bridgehead atoms. The monoisotopic (exact) mass is 315 g/mol. The van der Waals surface area contributed by atoms with Crippen LogP contribution < -0.4 is 16.0 Å². The third-order valence-corrected chi connectivity index (χ3v) is 2.43. The second-order valence-electron chi connectivity index (χ2n) is 7.06. The van der Waals surface area contributed by atoms with Gasteiger partial charge in [0.2, 0.25) is 11.8 Å². The van der Waals surface area contributed by atoms with E-state index in [9.17, 15) is 14.4 Å². The molecule has 0 rings (SSSR count). The molecule has 0 spiro atoms. The van der Waals surface area contributed by atoms with Crippen molar-refractivity contribution >= 4 is 17.9 Å². The van der Waals surface area contributed by atoms with Gasteiger partial charge in [-0.15, -0.1) is 0 Å². The number of hydrogen-bond donors (Lipinski definition) is 3. The first-order chi connectivity index (χ1) is 9.92. The van der Waals surface area contributed by atoms with Crippen LogP contribution in [0.15, 0.2) is 0 Å². The molecule has 0 saturated heterocycles. The number of rotatable bonds is 6. The summed E-state index contributed by atoms with van der Waals surface area (Å²) >= 11 is 0. The van der Waals surface area contributed by atoms with Gasteiger partial charge in [0.25, 0.3) is 0 Å². The SMILES string of the molecule is CC(C)(C)OC(=O)NCC(=O)NCCCNC(=O)C(C)(C)C. The van der Waals surface area contributed by atoms with Crippen molar-refractivity contribution in [3.8, 4) is 0 Å². The maximum absolute atomic E-state index is 11.6. The summed E-state index contributed by atoms with van der Waals surface area (Å²) in [6, 6.07) is 0. The second-order valence-corrected chi connectivity index (χ2v) is 7.06. The summed E-state index contributed by atoms with van der Waals surface area (Å²) in [5.41, 5.74) is -1.01. The molecule has 0 aliphatic heterocycles. The van der Waals surface area contributed by atoms with Gasteiger partial charge >= 0.3 is 6.09 Å². The van der Waals surface area contributed by atoms with E-state index in [2.05, 4.69) is 16.0 Å². The fourth-order valence-electron chi connectivity index (χ4n) is 1.31. The maximum Gasteiger partial charge on any atom is 0.408 e. The Morgan fingerprint density at radius 1 is 0.864 bits per heavy atom. The zero-order valence-electron chi connectivity index (χ0n) is 14.5. The quantitative estimate of drug-likeness (QED) is 0.641. The molecule has 0 radical (unpaired) electrons. The highest BCUT2D eigenvalue weighted by Gasteiger charge is 2.20. The van der Waals surface area contributed by atoms with E-state index in [1.165, 1.54) is 0 Å². The molecule has 0 aliphatic carbocycles. The van der Waals surface area contributed by atoms with Crippen LogP contribution in [0.5, 0.6) is 0 Å². The topological polar surface area (TPSA) is 96.5 Å². The lowest BCUT2D eigenvalue weighted by atomic mass is 9.96. The summed E-state index contributed by atoms with van der Waals surface area (Å²) in [4.78, 5) is 34.4. The molecule has 0 unspecified atom stereocenters. The molecule has 0 aromatic heterocycles. The van der Waals surface area contributed by atoms with Gasteiger partial charge in [0, 0.05) is 18.5 Å². The molecule has 128 valence electrons. The summed E-state index contributed by atoms with van der Waals surface area (Å²) < 4.78 is 5.01. The van der Waals surface area contributed by atoms with Crippen molar-refractivity contribution < 1.29 is 19.1 Å². The zero-order valence-corrected chi connectivity index (χ0v) is 14.5. The fraction of sp³-hybridized carbons (Fsp3) is 0.800. The molecule has 7 nitrogen and oxygen atoms in total. The van der Waals surface area contributed by atoms with Crippen LogP contribution in [0.2, 0.25) is 0 Å². The highest BCUT2D eigenvalue weighted by atomic mass is 16.6. The van der Waals surface area contributed by atoms with Gasteiger partial charge in [0.05, 0.1) is 6.54 Å². The van der Waals surface area contributed by atoms with Crippen LogP contribution in [0.4, 0.5) is 4.79 Å². The van der Waals surface area contributed by atoms with Gasteiger partial charge in [-0.3, -0.25) is 9.59 Å². The summed E-state index contributed by atoms with van der Waals surface area (Å²) in [7, 11) is 0. The first-order valence-electron chi connectivity index (χ1n) is 7.43. The van der Waals surface area contributed by atoms with E-state index in [4.69, 9.17) is 4.74 Å². The number of hydrogen-bond acceptors (Lipinski definition) is 4. The van der Waals surface area contributed by atoms with Crippen molar-refractivity contribution in [2.24, 2.45) is 5.41 Å². The van der Waals surface area contributed by atoms with E-state index in [1.807, 2.05) is 20.8 Å².